The number of hydrogen-bond donors (Lipinski definition) is 2. The standard InChI is InChI=1S/C27H28FNO5/c28-27-20(15-29)6-3-8-24(27)21-11-18(12-23(13-21)33-17-22-7-4-10-32-22)16-34-25-9-2-1-5-19(25)14-26(30)31/h1-3,5-6,8-9,11-13,22H,4,7,10,14-17,29H2,(H,30,31). The Kier molecular flexibility index (Phi) is 7.77. The van der Waals surface area contributed by atoms with Crippen LogP contribution in [0.2, 0.25) is 0 Å². The Morgan fingerprint density at radius 2 is 1.91 bits per heavy atom. The van der Waals surface area contributed by atoms with E-state index in [2.05, 4.69) is 0 Å². The van der Waals surface area contributed by atoms with Crippen LogP contribution in [0, 0.1) is 5.82 Å². The average Bonchev–Trinajstić information content (AvgIpc) is 3.36. The van der Waals surface area contributed by atoms with Crippen LogP contribution >= 0.6 is 0 Å². The van der Waals surface area contributed by atoms with Crippen LogP contribution in [0.25, 0.3) is 11.1 Å². The highest BCUT2D eigenvalue weighted by Crippen LogP contribution is 2.31. The fourth-order valence-electron chi connectivity index (χ4n) is 4.02. The molecule has 6 nitrogen and oxygen atoms in total. The molecule has 0 spiro atoms. The number of carbonyl (C=O) groups is 1. The Bertz CT molecular complexity index is 1140. The quantitative estimate of drug-likeness (QED) is 0.450. The van der Waals surface area contributed by atoms with Crippen molar-refractivity contribution in [1.82, 2.24) is 0 Å². The minimum absolute atomic E-state index is 0.0450. The molecule has 34 heavy (non-hydrogen) atoms. The number of halogens is 1. The molecule has 1 unspecified atom stereocenters. The number of para-hydroxylation sites is 1. The van der Waals surface area contributed by atoms with Gasteiger partial charge in [0.15, 0.2) is 0 Å². The van der Waals surface area contributed by atoms with Crippen LogP contribution in [0.4, 0.5) is 4.39 Å². The van der Waals surface area contributed by atoms with Crippen LogP contribution < -0.4 is 15.2 Å². The van der Waals surface area contributed by atoms with Gasteiger partial charge < -0.3 is 25.1 Å². The Morgan fingerprint density at radius 1 is 1.09 bits per heavy atom. The molecule has 1 aliphatic rings. The second-order valence-corrected chi connectivity index (χ2v) is 8.26. The SMILES string of the molecule is NCc1cccc(-c2cc(COc3ccccc3CC(=O)O)cc(OCC3CCCO3)c2)c1F. The van der Waals surface area contributed by atoms with Gasteiger partial charge in [-0.15, -0.1) is 0 Å². The van der Waals surface area contributed by atoms with E-state index in [-0.39, 0.29) is 31.5 Å². The number of carboxylic acids is 1. The van der Waals surface area contributed by atoms with Crippen LogP contribution in [0.15, 0.2) is 60.7 Å². The summed E-state index contributed by atoms with van der Waals surface area (Å²) >= 11 is 0. The molecule has 1 aliphatic heterocycles. The Labute approximate surface area is 198 Å². The molecule has 0 amide bonds. The highest BCUT2D eigenvalue weighted by molar-refractivity contribution is 5.71. The van der Waals surface area contributed by atoms with Crippen molar-refractivity contribution < 1.29 is 28.5 Å². The average molecular weight is 466 g/mol. The summed E-state index contributed by atoms with van der Waals surface area (Å²) in [7, 11) is 0. The molecule has 0 aliphatic carbocycles. The van der Waals surface area contributed by atoms with E-state index in [9.17, 15) is 4.79 Å². The normalized spacial score (nSPS) is 15.3. The van der Waals surface area contributed by atoms with Crippen LogP contribution in [-0.4, -0.2) is 30.4 Å². The number of rotatable bonds is 10. The van der Waals surface area contributed by atoms with Crippen LogP contribution in [0.5, 0.6) is 11.5 Å². The topological polar surface area (TPSA) is 91.0 Å². The molecule has 0 aromatic heterocycles. The lowest BCUT2D eigenvalue weighted by atomic mass is 9.99. The molecule has 7 heteroatoms. The van der Waals surface area contributed by atoms with Gasteiger partial charge in [-0.25, -0.2) is 4.39 Å². The van der Waals surface area contributed by atoms with Crippen molar-refractivity contribution in [2.45, 2.75) is 38.5 Å². The first-order valence-corrected chi connectivity index (χ1v) is 11.3. The summed E-state index contributed by atoms with van der Waals surface area (Å²) in [4.78, 5) is 11.2. The number of ether oxygens (including phenoxy) is 3. The lowest BCUT2D eigenvalue weighted by Crippen LogP contribution is -2.16. The van der Waals surface area contributed by atoms with Crippen molar-refractivity contribution in [3.63, 3.8) is 0 Å². The summed E-state index contributed by atoms with van der Waals surface area (Å²) in [6.45, 7) is 1.42. The van der Waals surface area contributed by atoms with Crippen molar-refractivity contribution in [1.29, 1.82) is 0 Å². The summed E-state index contributed by atoms with van der Waals surface area (Å²) in [5.41, 5.74) is 8.56. The molecule has 3 aromatic rings. The number of carboxylic acid groups (broad SMARTS) is 1. The first kappa shape index (κ1) is 23.7. The third-order valence-electron chi connectivity index (χ3n) is 5.74. The van der Waals surface area contributed by atoms with E-state index in [1.807, 2.05) is 12.1 Å². The molecule has 1 saturated heterocycles. The van der Waals surface area contributed by atoms with Gasteiger partial charge in [-0.05, 0) is 48.2 Å². The van der Waals surface area contributed by atoms with E-state index >= 15 is 4.39 Å². The second kappa shape index (κ2) is 11.1. The number of aliphatic carboxylic acids is 1. The molecule has 3 N–H and O–H groups in total. The molecule has 4 rings (SSSR count). The lowest BCUT2D eigenvalue weighted by molar-refractivity contribution is -0.136. The summed E-state index contributed by atoms with van der Waals surface area (Å²) < 4.78 is 32.7. The second-order valence-electron chi connectivity index (χ2n) is 8.26. The van der Waals surface area contributed by atoms with Gasteiger partial charge in [0.05, 0.1) is 12.5 Å². The van der Waals surface area contributed by atoms with Gasteiger partial charge in [0.25, 0.3) is 0 Å². The maximum absolute atomic E-state index is 15.1. The third-order valence-corrected chi connectivity index (χ3v) is 5.74. The highest BCUT2D eigenvalue weighted by atomic mass is 19.1. The van der Waals surface area contributed by atoms with Gasteiger partial charge >= 0.3 is 5.97 Å². The van der Waals surface area contributed by atoms with Crippen LogP contribution in [-0.2, 0) is 29.1 Å². The lowest BCUT2D eigenvalue weighted by Gasteiger charge is -2.16. The summed E-state index contributed by atoms with van der Waals surface area (Å²) in [6, 6.07) is 17.7. The zero-order valence-electron chi connectivity index (χ0n) is 18.8. The van der Waals surface area contributed by atoms with Gasteiger partial charge in [0.1, 0.15) is 30.5 Å². The molecule has 1 fully saturated rings. The molecule has 1 heterocycles. The minimum Gasteiger partial charge on any atom is -0.491 e. The predicted molar refractivity (Wildman–Crippen MR) is 126 cm³/mol. The van der Waals surface area contributed by atoms with Gasteiger partial charge in [-0.3, -0.25) is 4.79 Å². The number of hydrogen-bond acceptors (Lipinski definition) is 5. The zero-order valence-corrected chi connectivity index (χ0v) is 18.8. The van der Waals surface area contributed by atoms with Gasteiger partial charge in [0.2, 0.25) is 0 Å². The van der Waals surface area contributed by atoms with E-state index in [0.29, 0.717) is 40.4 Å². The van der Waals surface area contributed by atoms with Gasteiger partial charge in [-0.1, -0.05) is 36.4 Å². The number of benzene rings is 3. The van der Waals surface area contributed by atoms with E-state index < -0.39 is 5.97 Å². The molecule has 0 radical (unpaired) electrons. The summed E-state index contributed by atoms with van der Waals surface area (Å²) in [5.74, 6) is -0.213. The van der Waals surface area contributed by atoms with Crippen molar-refractivity contribution >= 4 is 5.97 Å². The first-order chi connectivity index (χ1) is 16.5. The summed E-state index contributed by atoms with van der Waals surface area (Å²) in [6.07, 6.45) is 1.87. The maximum atomic E-state index is 15.1. The zero-order chi connectivity index (χ0) is 23.9. The maximum Gasteiger partial charge on any atom is 0.307 e. The van der Waals surface area contributed by atoms with Crippen LogP contribution in [0.3, 0.4) is 0 Å². The van der Waals surface area contributed by atoms with E-state index in [1.165, 1.54) is 0 Å². The molecular formula is C27H28FNO5. The predicted octanol–water partition coefficient (Wildman–Crippen LogP) is 4.72. The molecule has 3 aromatic carbocycles. The minimum atomic E-state index is -0.932. The molecule has 0 saturated carbocycles. The van der Waals surface area contributed by atoms with Crippen molar-refractivity contribution in [2.75, 3.05) is 13.2 Å². The van der Waals surface area contributed by atoms with E-state index in [4.69, 9.17) is 25.1 Å². The Morgan fingerprint density at radius 3 is 2.68 bits per heavy atom. The van der Waals surface area contributed by atoms with Crippen LogP contribution in [0.1, 0.15) is 29.5 Å². The smallest absolute Gasteiger partial charge is 0.307 e. The molecule has 0 bridgehead atoms. The molecular weight excluding hydrogens is 437 g/mol. The van der Waals surface area contributed by atoms with Gasteiger partial charge in [-0.2, -0.15) is 0 Å². The Hall–Kier alpha value is -3.42. The van der Waals surface area contributed by atoms with E-state index in [1.54, 1.807) is 48.5 Å². The Balaban J connectivity index is 1.61. The van der Waals surface area contributed by atoms with E-state index in [0.717, 1.165) is 25.0 Å². The third kappa shape index (κ3) is 5.92. The summed E-state index contributed by atoms with van der Waals surface area (Å²) in [5, 5.41) is 9.17. The fourth-order valence-corrected chi connectivity index (χ4v) is 4.02. The van der Waals surface area contributed by atoms with Crippen molar-refractivity contribution in [3.05, 3.63) is 83.2 Å². The molecule has 1 atom stereocenters. The molecule has 178 valence electrons. The first-order valence-electron chi connectivity index (χ1n) is 11.3. The fraction of sp³-hybridized carbons (Fsp3) is 0.296. The van der Waals surface area contributed by atoms with Crippen molar-refractivity contribution in [3.8, 4) is 22.6 Å². The van der Waals surface area contributed by atoms with Crippen molar-refractivity contribution in [2.24, 2.45) is 5.73 Å². The highest BCUT2D eigenvalue weighted by Gasteiger charge is 2.17. The number of nitrogens with two attached hydrogens (primary N) is 1. The monoisotopic (exact) mass is 465 g/mol. The largest absolute Gasteiger partial charge is 0.491 e. The van der Waals surface area contributed by atoms with Gasteiger partial charge in [0, 0.05) is 29.8 Å².